The van der Waals surface area contributed by atoms with Gasteiger partial charge in [0.1, 0.15) is 0 Å². The van der Waals surface area contributed by atoms with Crippen molar-refractivity contribution in [3.8, 4) is 0 Å². The predicted octanol–water partition coefficient (Wildman–Crippen LogP) is 3.17. The number of carbonyl (C=O) groups excluding carboxylic acids is 1. The van der Waals surface area contributed by atoms with Crippen molar-refractivity contribution in [1.29, 1.82) is 0 Å². The van der Waals surface area contributed by atoms with Crippen LogP contribution in [0.3, 0.4) is 0 Å². The predicted molar refractivity (Wildman–Crippen MR) is 83.4 cm³/mol. The van der Waals surface area contributed by atoms with Crippen LogP contribution in [0.5, 0.6) is 0 Å². The average Bonchev–Trinajstić information content (AvgIpc) is 2.54. The second-order valence-corrected chi connectivity index (χ2v) is 6.48. The number of carboxylic acid groups (broad SMARTS) is 1. The molecule has 0 radical (unpaired) electrons. The van der Waals surface area contributed by atoms with Crippen molar-refractivity contribution in [3.05, 3.63) is 35.4 Å². The Morgan fingerprint density at radius 3 is 2.59 bits per heavy atom. The Labute approximate surface area is 131 Å². The smallest absolute Gasteiger partial charge is 0.331 e. The number of hydrogen-bond donors (Lipinski definition) is 1. The van der Waals surface area contributed by atoms with Crippen molar-refractivity contribution >= 4 is 11.9 Å². The standard InChI is InChI=1S/C18H23NO3/c20-16(12-13-6-2-1-3-7-13)19-11-10-14-8-4-5-9-15(14)17(19)18(21)22/h4-5,8-9,13,17H,1-3,6-7,10-12H2,(H,21,22). The van der Waals surface area contributed by atoms with Crippen LogP contribution in [0, 0.1) is 5.92 Å². The van der Waals surface area contributed by atoms with Crippen molar-refractivity contribution in [3.63, 3.8) is 0 Å². The van der Waals surface area contributed by atoms with Crippen LogP contribution in [-0.2, 0) is 16.0 Å². The van der Waals surface area contributed by atoms with Crippen LogP contribution in [0.25, 0.3) is 0 Å². The number of nitrogens with zero attached hydrogens (tertiary/aromatic N) is 1. The number of fused-ring (bicyclic) bond motifs is 1. The zero-order valence-corrected chi connectivity index (χ0v) is 12.8. The van der Waals surface area contributed by atoms with Gasteiger partial charge in [0.05, 0.1) is 0 Å². The number of rotatable bonds is 3. The third kappa shape index (κ3) is 3.01. The SMILES string of the molecule is O=C(O)C1c2ccccc2CCN1C(=O)CC1CCCCC1. The van der Waals surface area contributed by atoms with Crippen LogP contribution >= 0.6 is 0 Å². The molecule has 1 N–H and O–H groups in total. The summed E-state index contributed by atoms with van der Waals surface area (Å²) in [6.45, 7) is 0.513. The first kappa shape index (κ1) is 15.1. The van der Waals surface area contributed by atoms with Crippen molar-refractivity contribution in [2.45, 2.75) is 51.0 Å². The van der Waals surface area contributed by atoms with Gasteiger partial charge in [-0.2, -0.15) is 0 Å². The fourth-order valence-electron chi connectivity index (χ4n) is 3.86. The highest BCUT2D eigenvalue weighted by Crippen LogP contribution is 2.33. The van der Waals surface area contributed by atoms with E-state index in [4.69, 9.17) is 0 Å². The summed E-state index contributed by atoms with van der Waals surface area (Å²) < 4.78 is 0. The van der Waals surface area contributed by atoms with Crippen molar-refractivity contribution in [2.24, 2.45) is 5.92 Å². The third-order valence-electron chi connectivity index (χ3n) is 5.03. The van der Waals surface area contributed by atoms with Crippen molar-refractivity contribution in [1.82, 2.24) is 4.90 Å². The summed E-state index contributed by atoms with van der Waals surface area (Å²) in [5.74, 6) is -0.481. The zero-order chi connectivity index (χ0) is 15.5. The maximum atomic E-state index is 12.7. The summed E-state index contributed by atoms with van der Waals surface area (Å²) in [7, 11) is 0. The van der Waals surface area contributed by atoms with Gasteiger partial charge in [0, 0.05) is 13.0 Å². The first-order valence-corrected chi connectivity index (χ1v) is 8.27. The lowest BCUT2D eigenvalue weighted by molar-refractivity contribution is -0.151. The van der Waals surface area contributed by atoms with E-state index in [1.165, 1.54) is 19.3 Å². The molecule has 1 aromatic rings. The number of hydrogen-bond acceptors (Lipinski definition) is 2. The van der Waals surface area contributed by atoms with E-state index in [2.05, 4.69) is 0 Å². The Morgan fingerprint density at radius 2 is 1.86 bits per heavy atom. The van der Waals surface area contributed by atoms with Gasteiger partial charge in [0.2, 0.25) is 5.91 Å². The summed E-state index contributed by atoms with van der Waals surface area (Å²) >= 11 is 0. The lowest BCUT2D eigenvalue weighted by Crippen LogP contribution is -2.44. The summed E-state index contributed by atoms with van der Waals surface area (Å²) in [5, 5.41) is 9.62. The molecule has 1 aromatic carbocycles. The molecule has 1 saturated carbocycles. The molecule has 22 heavy (non-hydrogen) atoms. The van der Waals surface area contributed by atoms with E-state index in [-0.39, 0.29) is 5.91 Å². The molecule has 1 aliphatic carbocycles. The molecule has 0 aromatic heterocycles. The van der Waals surface area contributed by atoms with E-state index < -0.39 is 12.0 Å². The van der Waals surface area contributed by atoms with E-state index in [9.17, 15) is 14.7 Å². The van der Waals surface area contributed by atoms with Gasteiger partial charge in [-0.25, -0.2) is 4.79 Å². The maximum absolute atomic E-state index is 12.7. The molecule has 1 atom stereocenters. The van der Waals surface area contributed by atoms with Gasteiger partial charge >= 0.3 is 5.97 Å². The van der Waals surface area contributed by atoms with Gasteiger partial charge < -0.3 is 10.0 Å². The van der Waals surface area contributed by atoms with E-state index >= 15 is 0 Å². The largest absolute Gasteiger partial charge is 0.479 e. The molecule has 1 aliphatic heterocycles. The molecule has 1 amide bonds. The number of amides is 1. The zero-order valence-electron chi connectivity index (χ0n) is 12.8. The molecule has 1 heterocycles. The maximum Gasteiger partial charge on any atom is 0.331 e. The Kier molecular flexibility index (Phi) is 4.46. The number of carbonyl (C=O) groups is 2. The minimum Gasteiger partial charge on any atom is -0.479 e. The molecule has 1 fully saturated rings. The molecule has 1 unspecified atom stereocenters. The number of carboxylic acids is 1. The summed E-state index contributed by atoms with van der Waals surface area (Å²) in [6, 6.07) is 6.77. The molecular weight excluding hydrogens is 278 g/mol. The number of benzene rings is 1. The van der Waals surface area contributed by atoms with Gasteiger partial charge in [-0.3, -0.25) is 4.79 Å². The van der Waals surface area contributed by atoms with Crippen LogP contribution < -0.4 is 0 Å². The van der Waals surface area contributed by atoms with Gasteiger partial charge in [-0.15, -0.1) is 0 Å². The summed E-state index contributed by atoms with van der Waals surface area (Å²) in [4.78, 5) is 26.0. The molecule has 4 nitrogen and oxygen atoms in total. The fraction of sp³-hybridized carbons (Fsp3) is 0.556. The van der Waals surface area contributed by atoms with E-state index in [0.29, 0.717) is 18.9 Å². The van der Waals surface area contributed by atoms with Crippen LogP contribution in [-0.4, -0.2) is 28.4 Å². The second-order valence-electron chi connectivity index (χ2n) is 6.48. The quantitative estimate of drug-likeness (QED) is 0.933. The molecular formula is C18H23NO3. The van der Waals surface area contributed by atoms with Gasteiger partial charge in [-0.05, 0) is 36.3 Å². The molecule has 0 saturated heterocycles. The molecule has 0 bridgehead atoms. The van der Waals surface area contributed by atoms with Crippen LogP contribution in [0.1, 0.15) is 55.7 Å². The average molecular weight is 301 g/mol. The Morgan fingerprint density at radius 1 is 1.14 bits per heavy atom. The first-order chi connectivity index (χ1) is 10.7. The number of aliphatic carboxylic acids is 1. The Hall–Kier alpha value is -1.84. The highest BCUT2D eigenvalue weighted by molar-refractivity contribution is 5.85. The van der Waals surface area contributed by atoms with Crippen LogP contribution in [0.4, 0.5) is 0 Å². The molecule has 4 heteroatoms. The van der Waals surface area contributed by atoms with Gasteiger partial charge in [0.25, 0.3) is 0 Å². The highest BCUT2D eigenvalue weighted by Gasteiger charge is 2.36. The van der Waals surface area contributed by atoms with E-state index in [0.717, 1.165) is 30.4 Å². The van der Waals surface area contributed by atoms with Crippen molar-refractivity contribution in [2.75, 3.05) is 6.54 Å². The van der Waals surface area contributed by atoms with E-state index in [1.54, 1.807) is 4.90 Å². The fourth-order valence-corrected chi connectivity index (χ4v) is 3.86. The summed E-state index contributed by atoms with van der Waals surface area (Å²) in [5.41, 5.74) is 1.83. The molecule has 3 rings (SSSR count). The third-order valence-corrected chi connectivity index (χ3v) is 5.03. The van der Waals surface area contributed by atoms with Gasteiger partial charge in [-0.1, -0.05) is 43.5 Å². The molecule has 0 spiro atoms. The molecule has 118 valence electrons. The van der Waals surface area contributed by atoms with Crippen molar-refractivity contribution < 1.29 is 14.7 Å². The minimum absolute atomic E-state index is 0.00815. The lowest BCUT2D eigenvalue weighted by Gasteiger charge is -2.36. The van der Waals surface area contributed by atoms with Crippen LogP contribution in [0.2, 0.25) is 0 Å². The Bertz CT molecular complexity index is 563. The lowest BCUT2D eigenvalue weighted by atomic mass is 9.85. The highest BCUT2D eigenvalue weighted by atomic mass is 16.4. The monoisotopic (exact) mass is 301 g/mol. The second kappa shape index (κ2) is 6.51. The van der Waals surface area contributed by atoms with E-state index in [1.807, 2.05) is 24.3 Å². The summed E-state index contributed by atoms with van der Waals surface area (Å²) in [6.07, 6.45) is 7.12. The molecule has 2 aliphatic rings. The normalized spacial score (nSPS) is 22.2. The Balaban J connectivity index is 1.77. The topological polar surface area (TPSA) is 57.6 Å². The first-order valence-electron chi connectivity index (χ1n) is 8.27. The van der Waals surface area contributed by atoms with Gasteiger partial charge in [0.15, 0.2) is 6.04 Å². The van der Waals surface area contributed by atoms with Crippen LogP contribution in [0.15, 0.2) is 24.3 Å². The minimum atomic E-state index is -0.927.